The summed E-state index contributed by atoms with van der Waals surface area (Å²) in [6, 6.07) is 7.33. The van der Waals surface area contributed by atoms with E-state index in [1.54, 1.807) is 17.0 Å². The number of hydrogen-bond acceptors (Lipinski definition) is 6. The summed E-state index contributed by atoms with van der Waals surface area (Å²) < 4.78 is 18.1. The van der Waals surface area contributed by atoms with Crippen molar-refractivity contribution in [3.05, 3.63) is 46.2 Å². The van der Waals surface area contributed by atoms with Crippen LogP contribution in [0.3, 0.4) is 0 Å². The van der Waals surface area contributed by atoms with Gasteiger partial charge in [0.1, 0.15) is 5.84 Å². The number of amidine groups is 2. The van der Waals surface area contributed by atoms with Gasteiger partial charge in [0.25, 0.3) is 5.91 Å². The molecule has 4 rings (SSSR count). The lowest BCUT2D eigenvalue weighted by Crippen LogP contribution is -2.53. The minimum atomic E-state index is -1.43. The van der Waals surface area contributed by atoms with Gasteiger partial charge in [0.2, 0.25) is 0 Å². The lowest BCUT2D eigenvalue weighted by atomic mass is 10.1. The molecule has 1 saturated carbocycles. The molecular weight excluding hydrogens is 367 g/mol. The van der Waals surface area contributed by atoms with Crippen LogP contribution in [0.15, 0.2) is 24.3 Å². The van der Waals surface area contributed by atoms with Gasteiger partial charge < -0.3 is 9.80 Å². The average Bonchev–Trinajstić information content (AvgIpc) is 3.21. The van der Waals surface area contributed by atoms with Gasteiger partial charge in [-0.1, -0.05) is 17.7 Å². The predicted molar refractivity (Wildman–Crippen MR) is 100 cm³/mol. The molecule has 0 bridgehead atoms. The van der Waals surface area contributed by atoms with Crippen LogP contribution in [0, 0.1) is 17.7 Å². The summed E-state index contributed by atoms with van der Waals surface area (Å²) in [5.74, 6) is 0.199. The Bertz CT molecular complexity index is 920. The number of aromatic nitrogens is 2. The Morgan fingerprint density at radius 1 is 1.26 bits per heavy atom. The number of halogens is 1. The van der Waals surface area contributed by atoms with E-state index in [1.165, 1.54) is 4.90 Å². The standard InChI is InChI=1S/C18H19FN6OS/c1-11-2-4-12(5-3-11)16(26)24-8-9-25(13(20)10-24)14(21)15-22-17(23-27-15)18(19)6-7-18/h2-5,20-21H,6-10H2,1H3. The highest BCUT2D eigenvalue weighted by atomic mass is 32.1. The maximum atomic E-state index is 14.1. The minimum Gasteiger partial charge on any atom is -0.329 e. The van der Waals surface area contributed by atoms with E-state index in [0.29, 0.717) is 36.5 Å². The van der Waals surface area contributed by atoms with Crippen LogP contribution < -0.4 is 0 Å². The second kappa shape index (κ2) is 6.49. The Hall–Kier alpha value is -2.68. The SMILES string of the molecule is Cc1ccc(C(=O)N2CCN(C(=N)c3nc(C4(F)CC4)ns3)C(=N)C2)cc1. The van der Waals surface area contributed by atoms with Gasteiger partial charge in [0, 0.05) is 18.7 Å². The van der Waals surface area contributed by atoms with Crippen LogP contribution in [-0.2, 0) is 5.67 Å². The first-order valence-corrected chi connectivity index (χ1v) is 9.48. The number of carbonyl (C=O) groups excluding carboxylic acids is 1. The van der Waals surface area contributed by atoms with Crippen molar-refractivity contribution in [1.29, 1.82) is 10.8 Å². The zero-order valence-corrected chi connectivity index (χ0v) is 15.6. The highest BCUT2D eigenvalue weighted by Gasteiger charge is 2.49. The number of aryl methyl sites for hydroxylation is 1. The molecule has 140 valence electrons. The zero-order chi connectivity index (χ0) is 19.2. The number of hydrogen-bond donors (Lipinski definition) is 2. The highest BCUT2D eigenvalue weighted by molar-refractivity contribution is 7.07. The summed E-state index contributed by atoms with van der Waals surface area (Å²) in [5, 5.41) is 16.9. The summed E-state index contributed by atoms with van der Waals surface area (Å²) in [5.41, 5.74) is 0.237. The number of amides is 1. The lowest BCUT2D eigenvalue weighted by molar-refractivity contribution is 0.0757. The number of benzene rings is 1. The van der Waals surface area contributed by atoms with E-state index < -0.39 is 5.67 Å². The van der Waals surface area contributed by atoms with Crippen molar-refractivity contribution >= 4 is 29.1 Å². The number of carbonyl (C=O) groups is 1. The van der Waals surface area contributed by atoms with Crippen LogP contribution in [0.2, 0.25) is 0 Å². The smallest absolute Gasteiger partial charge is 0.254 e. The third kappa shape index (κ3) is 3.34. The van der Waals surface area contributed by atoms with Gasteiger partial charge in [-0.25, -0.2) is 9.37 Å². The van der Waals surface area contributed by atoms with E-state index in [4.69, 9.17) is 10.8 Å². The molecule has 0 unspecified atom stereocenters. The highest BCUT2D eigenvalue weighted by Crippen LogP contribution is 2.48. The van der Waals surface area contributed by atoms with E-state index in [2.05, 4.69) is 9.36 Å². The van der Waals surface area contributed by atoms with Gasteiger partial charge in [0.15, 0.2) is 22.3 Å². The van der Waals surface area contributed by atoms with Crippen molar-refractivity contribution in [2.45, 2.75) is 25.4 Å². The molecule has 2 aliphatic rings. The molecule has 1 amide bonds. The Labute approximate surface area is 160 Å². The molecule has 1 aromatic heterocycles. The monoisotopic (exact) mass is 386 g/mol. The Kier molecular flexibility index (Phi) is 4.26. The Balaban J connectivity index is 1.43. The largest absolute Gasteiger partial charge is 0.329 e. The second-order valence-electron chi connectivity index (χ2n) is 6.93. The number of piperazine rings is 1. The van der Waals surface area contributed by atoms with E-state index >= 15 is 0 Å². The molecule has 1 aliphatic heterocycles. The minimum absolute atomic E-state index is 0.0374. The lowest BCUT2D eigenvalue weighted by Gasteiger charge is -2.35. The van der Waals surface area contributed by atoms with Crippen molar-refractivity contribution in [3.63, 3.8) is 0 Å². The topological polar surface area (TPSA) is 97.0 Å². The Morgan fingerprint density at radius 3 is 2.59 bits per heavy atom. The molecule has 1 aromatic carbocycles. The molecule has 2 fully saturated rings. The normalized spacial score (nSPS) is 18.5. The van der Waals surface area contributed by atoms with Crippen LogP contribution >= 0.6 is 11.5 Å². The van der Waals surface area contributed by atoms with Crippen LogP contribution in [0.4, 0.5) is 4.39 Å². The molecule has 9 heteroatoms. The van der Waals surface area contributed by atoms with E-state index in [0.717, 1.165) is 17.1 Å². The van der Waals surface area contributed by atoms with Crippen LogP contribution in [0.25, 0.3) is 0 Å². The summed E-state index contributed by atoms with van der Waals surface area (Å²) in [6.45, 7) is 2.80. The third-order valence-electron chi connectivity index (χ3n) is 4.83. The van der Waals surface area contributed by atoms with Gasteiger partial charge in [-0.15, -0.1) is 0 Å². The first kappa shape index (κ1) is 17.7. The van der Waals surface area contributed by atoms with Gasteiger partial charge in [-0.05, 0) is 43.4 Å². The fraction of sp³-hybridized carbons (Fsp3) is 0.389. The molecule has 7 nitrogen and oxygen atoms in total. The molecule has 27 heavy (non-hydrogen) atoms. The number of alkyl halides is 1. The van der Waals surface area contributed by atoms with Crippen molar-refractivity contribution in [3.8, 4) is 0 Å². The van der Waals surface area contributed by atoms with Crippen LogP contribution in [0.5, 0.6) is 0 Å². The van der Waals surface area contributed by atoms with Gasteiger partial charge in [-0.3, -0.25) is 15.6 Å². The van der Waals surface area contributed by atoms with Crippen molar-refractivity contribution < 1.29 is 9.18 Å². The summed E-state index contributed by atoms with van der Waals surface area (Å²) >= 11 is 0.981. The molecular formula is C18H19FN6OS. The molecule has 0 radical (unpaired) electrons. The number of nitrogens with zero attached hydrogens (tertiary/aromatic N) is 4. The van der Waals surface area contributed by atoms with Crippen LogP contribution in [0.1, 0.15) is 39.6 Å². The fourth-order valence-electron chi connectivity index (χ4n) is 2.95. The summed E-state index contributed by atoms with van der Waals surface area (Å²) in [7, 11) is 0. The first-order chi connectivity index (χ1) is 12.9. The summed E-state index contributed by atoms with van der Waals surface area (Å²) in [4.78, 5) is 19.9. The molecule has 1 saturated heterocycles. The second-order valence-corrected chi connectivity index (χ2v) is 7.68. The van der Waals surface area contributed by atoms with Gasteiger partial charge in [0.05, 0.1) is 6.54 Å². The first-order valence-electron chi connectivity index (χ1n) is 8.70. The van der Waals surface area contributed by atoms with E-state index in [9.17, 15) is 9.18 Å². The predicted octanol–water partition coefficient (Wildman–Crippen LogP) is 2.57. The zero-order valence-electron chi connectivity index (χ0n) is 14.8. The number of nitrogens with one attached hydrogen (secondary N) is 2. The maximum absolute atomic E-state index is 14.1. The maximum Gasteiger partial charge on any atom is 0.254 e. The summed E-state index contributed by atoms with van der Waals surface area (Å²) in [6.07, 6.45) is 0.845. The molecule has 0 spiro atoms. The average molecular weight is 386 g/mol. The molecule has 1 aliphatic carbocycles. The Morgan fingerprint density at radius 2 is 1.96 bits per heavy atom. The van der Waals surface area contributed by atoms with E-state index in [-0.39, 0.29) is 29.9 Å². The van der Waals surface area contributed by atoms with Crippen molar-refractivity contribution in [1.82, 2.24) is 19.2 Å². The molecule has 2 heterocycles. The van der Waals surface area contributed by atoms with Crippen LogP contribution in [-0.4, -0.2) is 56.4 Å². The van der Waals surface area contributed by atoms with Gasteiger partial charge in [-0.2, -0.15) is 4.37 Å². The quantitative estimate of drug-likeness (QED) is 0.626. The third-order valence-corrected chi connectivity index (χ3v) is 5.56. The molecule has 2 aromatic rings. The molecule has 2 N–H and O–H groups in total. The fourth-order valence-corrected chi connectivity index (χ4v) is 3.65. The molecule has 0 atom stereocenters. The van der Waals surface area contributed by atoms with Crippen molar-refractivity contribution in [2.75, 3.05) is 19.6 Å². The number of rotatable bonds is 3. The van der Waals surface area contributed by atoms with Crippen molar-refractivity contribution in [2.24, 2.45) is 0 Å². The van der Waals surface area contributed by atoms with Gasteiger partial charge >= 0.3 is 0 Å². The van der Waals surface area contributed by atoms with E-state index in [1.807, 2.05) is 19.1 Å².